The van der Waals surface area contributed by atoms with E-state index in [1.54, 1.807) is 0 Å². The number of rotatable bonds is 4. The summed E-state index contributed by atoms with van der Waals surface area (Å²) in [6, 6.07) is 7.86. The Morgan fingerprint density at radius 1 is 1.21 bits per heavy atom. The van der Waals surface area contributed by atoms with Crippen molar-refractivity contribution in [3.63, 3.8) is 0 Å². The number of aromatic hydroxyl groups is 1. The molecule has 0 saturated heterocycles. The first-order chi connectivity index (χ1) is 9.08. The fourth-order valence-corrected chi connectivity index (χ4v) is 2.29. The fraction of sp³-hybridized carbons (Fsp3) is 0.0769. The first-order valence-corrected chi connectivity index (χ1v) is 6.33. The number of nitrogens with one attached hydrogen (secondary N) is 1. The lowest BCUT2D eigenvalue weighted by molar-refractivity contribution is -0.115. The van der Waals surface area contributed by atoms with Crippen LogP contribution in [0.25, 0.3) is 0 Å². The van der Waals surface area contributed by atoms with Gasteiger partial charge >= 0.3 is 5.97 Å². The van der Waals surface area contributed by atoms with Gasteiger partial charge in [0, 0.05) is 4.88 Å². The Bertz CT molecular complexity index is 607. The molecule has 2 rings (SSSR count). The number of carbonyl (C=O) groups is 2. The van der Waals surface area contributed by atoms with Crippen LogP contribution in [0, 0.1) is 0 Å². The van der Waals surface area contributed by atoms with Crippen LogP contribution >= 0.6 is 11.3 Å². The number of amides is 1. The Kier molecular flexibility index (Phi) is 3.82. The first kappa shape index (κ1) is 13.1. The van der Waals surface area contributed by atoms with Gasteiger partial charge in [-0.15, -0.1) is 11.3 Å². The van der Waals surface area contributed by atoms with E-state index in [2.05, 4.69) is 5.32 Å². The van der Waals surface area contributed by atoms with E-state index in [0.29, 0.717) is 0 Å². The van der Waals surface area contributed by atoms with Crippen molar-refractivity contribution < 1.29 is 19.8 Å². The Morgan fingerprint density at radius 2 is 2.00 bits per heavy atom. The standard InChI is InChI=1S/C13H11NO4S/c15-11(7-8-3-2-6-19-8)14-10-5-1-4-9(12(10)16)13(17)18/h1-6,16H,7H2,(H,14,15)(H,17,18). The topological polar surface area (TPSA) is 86.6 Å². The van der Waals surface area contributed by atoms with Crippen LogP contribution in [0.15, 0.2) is 35.7 Å². The van der Waals surface area contributed by atoms with Crippen molar-refractivity contribution in [1.82, 2.24) is 0 Å². The van der Waals surface area contributed by atoms with Crippen molar-refractivity contribution in [2.45, 2.75) is 6.42 Å². The number of phenols is 1. The second kappa shape index (κ2) is 5.53. The van der Waals surface area contributed by atoms with Crippen LogP contribution < -0.4 is 5.32 Å². The maximum Gasteiger partial charge on any atom is 0.339 e. The van der Waals surface area contributed by atoms with Gasteiger partial charge in [-0.3, -0.25) is 4.79 Å². The molecule has 98 valence electrons. The van der Waals surface area contributed by atoms with Crippen LogP contribution in [-0.2, 0) is 11.2 Å². The van der Waals surface area contributed by atoms with Crippen molar-refractivity contribution in [3.05, 3.63) is 46.2 Å². The summed E-state index contributed by atoms with van der Waals surface area (Å²) in [6.07, 6.45) is 0.189. The molecule has 0 aliphatic carbocycles. The third-order valence-corrected chi connectivity index (χ3v) is 3.33. The summed E-state index contributed by atoms with van der Waals surface area (Å²) in [4.78, 5) is 23.5. The number of hydrogen-bond donors (Lipinski definition) is 3. The molecule has 1 heterocycles. The second-order valence-electron chi connectivity index (χ2n) is 3.81. The monoisotopic (exact) mass is 277 g/mol. The highest BCUT2D eigenvalue weighted by molar-refractivity contribution is 7.10. The van der Waals surface area contributed by atoms with Crippen LogP contribution in [0.5, 0.6) is 5.75 Å². The molecule has 0 bridgehead atoms. The molecule has 0 unspecified atom stereocenters. The first-order valence-electron chi connectivity index (χ1n) is 5.45. The van der Waals surface area contributed by atoms with E-state index in [1.807, 2.05) is 17.5 Å². The van der Waals surface area contributed by atoms with Gasteiger partial charge < -0.3 is 15.5 Å². The summed E-state index contributed by atoms with van der Waals surface area (Å²) in [5, 5.41) is 23.0. The number of hydrogen-bond acceptors (Lipinski definition) is 4. The number of aromatic carboxylic acids is 1. The van der Waals surface area contributed by atoms with Gasteiger partial charge in [0.2, 0.25) is 5.91 Å². The highest BCUT2D eigenvalue weighted by Crippen LogP contribution is 2.27. The molecule has 6 heteroatoms. The summed E-state index contributed by atoms with van der Waals surface area (Å²) in [7, 11) is 0. The fourth-order valence-electron chi connectivity index (χ4n) is 1.58. The van der Waals surface area contributed by atoms with Crippen LogP contribution in [0.1, 0.15) is 15.2 Å². The molecular weight excluding hydrogens is 266 g/mol. The molecule has 1 aromatic carbocycles. The molecular formula is C13H11NO4S. The number of carboxylic acid groups (broad SMARTS) is 1. The lowest BCUT2D eigenvalue weighted by atomic mass is 10.1. The van der Waals surface area contributed by atoms with Gasteiger partial charge in [-0.2, -0.15) is 0 Å². The van der Waals surface area contributed by atoms with Crippen molar-refractivity contribution in [3.8, 4) is 5.75 Å². The SMILES string of the molecule is O=C(Cc1cccs1)Nc1cccc(C(=O)O)c1O. The molecule has 1 amide bonds. The number of carbonyl (C=O) groups excluding carboxylic acids is 1. The molecule has 19 heavy (non-hydrogen) atoms. The van der Waals surface area contributed by atoms with E-state index in [0.717, 1.165) is 4.88 Å². The highest BCUT2D eigenvalue weighted by Gasteiger charge is 2.14. The lowest BCUT2D eigenvalue weighted by Gasteiger charge is -2.08. The molecule has 0 fully saturated rings. The smallest absolute Gasteiger partial charge is 0.339 e. The summed E-state index contributed by atoms with van der Waals surface area (Å²) >= 11 is 1.46. The summed E-state index contributed by atoms with van der Waals surface area (Å²) in [5.74, 6) is -1.98. The van der Waals surface area contributed by atoms with Gasteiger partial charge in [0.05, 0.1) is 12.1 Å². The average Bonchev–Trinajstić information content (AvgIpc) is 2.84. The molecule has 0 atom stereocenters. The van der Waals surface area contributed by atoms with Gasteiger partial charge in [0.1, 0.15) is 5.56 Å². The number of benzene rings is 1. The van der Waals surface area contributed by atoms with Gasteiger partial charge in [-0.25, -0.2) is 4.79 Å². The average molecular weight is 277 g/mol. The normalized spacial score (nSPS) is 10.1. The van der Waals surface area contributed by atoms with E-state index in [-0.39, 0.29) is 23.6 Å². The molecule has 0 aliphatic rings. The minimum absolute atomic E-state index is 0.0986. The van der Waals surface area contributed by atoms with Crippen LogP contribution in [-0.4, -0.2) is 22.1 Å². The molecule has 2 aromatic rings. The molecule has 3 N–H and O–H groups in total. The summed E-state index contributed by atoms with van der Waals surface area (Å²) in [6.45, 7) is 0. The predicted octanol–water partition coefficient (Wildman–Crippen LogP) is 2.33. The predicted molar refractivity (Wildman–Crippen MR) is 71.7 cm³/mol. The third kappa shape index (κ3) is 3.11. The van der Waals surface area contributed by atoms with Crippen molar-refractivity contribution in [1.29, 1.82) is 0 Å². The van der Waals surface area contributed by atoms with E-state index < -0.39 is 11.7 Å². The van der Waals surface area contributed by atoms with Gasteiger partial charge in [0.25, 0.3) is 0 Å². The minimum atomic E-state index is -1.24. The maximum atomic E-state index is 11.8. The summed E-state index contributed by atoms with van der Waals surface area (Å²) < 4.78 is 0. The number of thiophene rings is 1. The summed E-state index contributed by atoms with van der Waals surface area (Å²) in [5.41, 5.74) is -0.143. The Hall–Kier alpha value is -2.34. The molecule has 0 radical (unpaired) electrons. The zero-order chi connectivity index (χ0) is 13.8. The zero-order valence-corrected chi connectivity index (χ0v) is 10.6. The molecule has 0 aliphatic heterocycles. The molecule has 5 nitrogen and oxygen atoms in total. The van der Waals surface area contributed by atoms with Crippen LogP contribution in [0.2, 0.25) is 0 Å². The maximum absolute atomic E-state index is 11.8. The zero-order valence-electron chi connectivity index (χ0n) is 9.79. The van der Waals surface area contributed by atoms with E-state index >= 15 is 0 Å². The van der Waals surface area contributed by atoms with Gasteiger partial charge in [-0.1, -0.05) is 12.1 Å². The Labute approximate surface area is 113 Å². The second-order valence-corrected chi connectivity index (χ2v) is 4.84. The van der Waals surface area contributed by atoms with E-state index in [1.165, 1.54) is 29.5 Å². The number of carboxylic acids is 1. The molecule has 1 aromatic heterocycles. The lowest BCUT2D eigenvalue weighted by Crippen LogP contribution is -2.14. The molecule has 0 spiro atoms. The number of anilines is 1. The Morgan fingerprint density at radius 3 is 2.63 bits per heavy atom. The highest BCUT2D eigenvalue weighted by atomic mass is 32.1. The van der Waals surface area contributed by atoms with Crippen LogP contribution in [0.3, 0.4) is 0 Å². The molecule has 0 saturated carbocycles. The van der Waals surface area contributed by atoms with Crippen molar-refractivity contribution in [2.24, 2.45) is 0 Å². The van der Waals surface area contributed by atoms with Gasteiger partial charge in [-0.05, 0) is 23.6 Å². The van der Waals surface area contributed by atoms with E-state index in [4.69, 9.17) is 5.11 Å². The quantitative estimate of drug-likeness (QED) is 0.749. The van der Waals surface area contributed by atoms with Crippen molar-refractivity contribution >= 4 is 28.9 Å². The third-order valence-electron chi connectivity index (χ3n) is 2.46. The van der Waals surface area contributed by atoms with E-state index in [9.17, 15) is 14.7 Å². The van der Waals surface area contributed by atoms with Crippen molar-refractivity contribution in [2.75, 3.05) is 5.32 Å². The minimum Gasteiger partial charge on any atom is -0.505 e. The van der Waals surface area contributed by atoms with Gasteiger partial charge in [0.15, 0.2) is 5.75 Å². The Balaban J connectivity index is 2.13. The number of para-hydroxylation sites is 1. The van der Waals surface area contributed by atoms with Crippen LogP contribution in [0.4, 0.5) is 5.69 Å². The largest absolute Gasteiger partial charge is 0.505 e.